The predicted molar refractivity (Wildman–Crippen MR) is 106 cm³/mol. The number of carbonyl (C=O) groups is 1. The second kappa shape index (κ2) is 5.31. The fraction of sp³-hybridized carbons (Fsp3) is 0.792. The molecule has 8 unspecified atom stereocenters. The van der Waals surface area contributed by atoms with E-state index in [1.807, 2.05) is 0 Å². The van der Waals surface area contributed by atoms with E-state index in [1.165, 1.54) is 0 Å². The molecule has 2 aliphatic heterocycles. The highest BCUT2D eigenvalue weighted by Crippen LogP contribution is 2.74. The van der Waals surface area contributed by atoms with Gasteiger partial charge in [-0.05, 0) is 49.9 Å². The molecule has 5 fully saturated rings. The van der Waals surface area contributed by atoms with Crippen LogP contribution in [0.2, 0.25) is 0 Å². The summed E-state index contributed by atoms with van der Waals surface area (Å²) in [5, 5.41) is 11.5. The van der Waals surface area contributed by atoms with Crippen molar-refractivity contribution in [3.05, 3.63) is 24.5 Å². The Hall–Kier alpha value is -1.13. The van der Waals surface area contributed by atoms with Crippen LogP contribution in [0.3, 0.4) is 0 Å². The Kier molecular flexibility index (Phi) is 3.58. The van der Waals surface area contributed by atoms with E-state index in [-0.39, 0.29) is 34.7 Å². The van der Waals surface area contributed by atoms with Crippen LogP contribution in [-0.2, 0) is 14.3 Å². The Balaban J connectivity index is 1.67. The van der Waals surface area contributed by atoms with Gasteiger partial charge in [0.2, 0.25) is 0 Å². The molecule has 4 heteroatoms. The maximum atomic E-state index is 13.9. The summed E-state index contributed by atoms with van der Waals surface area (Å²) in [4.78, 5) is 13.9. The summed E-state index contributed by atoms with van der Waals surface area (Å²) in [6.07, 6.45) is 3.29. The van der Waals surface area contributed by atoms with Gasteiger partial charge in [-0.2, -0.15) is 0 Å². The number of aliphatic hydroxyl groups excluding tert-OH is 1. The van der Waals surface area contributed by atoms with Gasteiger partial charge in [-0.1, -0.05) is 39.5 Å². The summed E-state index contributed by atoms with van der Waals surface area (Å²) in [5.74, 6) is 1.47. The van der Waals surface area contributed by atoms with Gasteiger partial charge in [0.25, 0.3) is 0 Å². The van der Waals surface area contributed by atoms with E-state index < -0.39 is 17.1 Å². The molecule has 2 saturated heterocycles. The van der Waals surface area contributed by atoms with Crippen molar-refractivity contribution in [2.45, 2.75) is 77.6 Å². The highest BCUT2D eigenvalue weighted by molar-refractivity contribution is 5.89. The SMILES string of the molecule is C=C1CC(O)C2(C)C(CC(=O)C3(C)C2CCC2COC(=C)C4OC243)C(C)(C)C1. The van der Waals surface area contributed by atoms with Crippen LogP contribution in [-0.4, -0.2) is 35.3 Å². The molecule has 1 N–H and O–H groups in total. The molecule has 5 aliphatic rings. The van der Waals surface area contributed by atoms with Gasteiger partial charge in [-0.3, -0.25) is 4.79 Å². The van der Waals surface area contributed by atoms with Crippen LogP contribution < -0.4 is 0 Å². The van der Waals surface area contributed by atoms with Crippen LogP contribution in [0.1, 0.15) is 59.8 Å². The number of aliphatic hydroxyl groups is 1. The average Bonchev–Trinajstić information content (AvgIpc) is 3.36. The van der Waals surface area contributed by atoms with Gasteiger partial charge in [0, 0.05) is 17.8 Å². The molecule has 3 aliphatic carbocycles. The normalized spacial score (nSPS) is 54.5. The van der Waals surface area contributed by atoms with E-state index in [1.54, 1.807) is 0 Å². The largest absolute Gasteiger partial charge is 0.495 e. The van der Waals surface area contributed by atoms with Gasteiger partial charge in [0.1, 0.15) is 23.2 Å². The van der Waals surface area contributed by atoms with Crippen molar-refractivity contribution in [2.75, 3.05) is 6.61 Å². The van der Waals surface area contributed by atoms with Gasteiger partial charge in [-0.15, -0.1) is 0 Å². The predicted octanol–water partition coefficient (Wildman–Crippen LogP) is 4.03. The third kappa shape index (κ3) is 1.92. The van der Waals surface area contributed by atoms with Crippen LogP contribution in [0.25, 0.3) is 0 Å². The number of rotatable bonds is 0. The maximum absolute atomic E-state index is 13.9. The van der Waals surface area contributed by atoms with Crippen LogP contribution in [0.15, 0.2) is 24.5 Å². The van der Waals surface area contributed by atoms with Gasteiger partial charge < -0.3 is 14.6 Å². The highest BCUT2D eigenvalue weighted by Gasteiger charge is 2.82. The summed E-state index contributed by atoms with van der Waals surface area (Å²) in [6.45, 7) is 17.8. The van der Waals surface area contributed by atoms with Crippen molar-refractivity contribution < 1.29 is 19.4 Å². The molecule has 8 atom stereocenters. The van der Waals surface area contributed by atoms with E-state index in [4.69, 9.17) is 9.47 Å². The first-order chi connectivity index (χ1) is 13.0. The zero-order valence-electron chi connectivity index (χ0n) is 17.7. The lowest BCUT2D eigenvalue weighted by Crippen LogP contribution is -2.68. The monoisotopic (exact) mass is 386 g/mol. The van der Waals surface area contributed by atoms with Gasteiger partial charge in [-0.25, -0.2) is 0 Å². The third-order valence-corrected chi connectivity index (χ3v) is 9.65. The number of carbonyl (C=O) groups excluding carboxylic acids is 1. The lowest BCUT2D eigenvalue weighted by Gasteiger charge is -2.64. The highest BCUT2D eigenvalue weighted by atomic mass is 16.6. The molecule has 154 valence electrons. The van der Waals surface area contributed by atoms with Crippen LogP contribution in [0, 0.1) is 34.0 Å². The fourth-order valence-corrected chi connectivity index (χ4v) is 8.35. The van der Waals surface area contributed by atoms with Crippen molar-refractivity contribution >= 4 is 5.78 Å². The molecule has 2 heterocycles. The Morgan fingerprint density at radius 2 is 1.79 bits per heavy atom. The number of hydrogen-bond acceptors (Lipinski definition) is 4. The topological polar surface area (TPSA) is 59.1 Å². The van der Waals surface area contributed by atoms with Gasteiger partial charge in [0.05, 0.1) is 18.1 Å². The first kappa shape index (κ1) is 18.9. The molecule has 0 bridgehead atoms. The second-order valence-corrected chi connectivity index (χ2v) is 11.3. The number of ketones is 1. The van der Waals surface area contributed by atoms with Crippen molar-refractivity contribution in [3.8, 4) is 0 Å². The molecule has 0 amide bonds. The number of ether oxygens (including phenoxy) is 2. The zero-order valence-corrected chi connectivity index (χ0v) is 17.7. The second-order valence-electron chi connectivity index (χ2n) is 11.3. The minimum atomic E-state index is -0.596. The Morgan fingerprint density at radius 3 is 2.50 bits per heavy atom. The fourth-order valence-electron chi connectivity index (χ4n) is 8.35. The smallest absolute Gasteiger partial charge is 0.145 e. The Bertz CT molecular complexity index is 783. The molecule has 5 rings (SSSR count). The number of fused-ring (bicyclic) bond motifs is 3. The lowest BCUT2D eigenvalue weighted by atomic mass is 9.39. The summed E-state index contributed by atoms with van der Waals surface area (Å²) in [6, 6.07) is 0. The van der Waals surface area contributed by atoms with Crippen LogP contribution in [0.5, 0.6) is 0 Å². The number of epoxide rings is 1. The first-order valence-electron chi connectivity index (χ1n) is 10.9. The summed E-state index contributed by atoms with van der Waals surface area (Å²) in [7, 11) is 0. The molecule has 0 radical (unpaired) electrons. The summed E-state index contributed by atoms with van der Waals surface area (Å²) < 4.78 is 12.1. The van der Waals surface area contributed by atoms with Crippen molar-refractivity contribution in [3.63, 3.8) is 0 Å². The molecule has 0 aromatic heterocycles. The van der Waals surface area contributed by atoms with Gasteiger partial charge in [0.15, 0.2) is 0 Å². The standard InChI is InChI=1S/C24H34O4/c1-13-9-18(25)22(5)16-8-7-15-12-27-14(2)20-24(15,28-20)23(16,6)19(26)10-17(22)21(3,4)11-13/h15-18,20,25H,1-2,7-12H2,3-6H3. The van der Waals surface area contributed by atoms with Gasteiger partial charge >= 0.3 is 0 Å². The van der Waals surface area contributed by atoms with Crippen LogP contribution in [0.4, 0.5) is 0 Å². The molecule has 0 aromatic rings. The molecule has 3 saturated carbocycles. The summed E-state index contributed by atoms with van der Waals surface area (Å²) in [5.41, 5.74) is -0.362. The minimum Gasteiger partial charge on any atom is -0.495 e. The summed E-state index contributed by atoms with van der Waals surface area (Å²) >= 11 is 0. The third-order valence-electron chi connectivity index (χ3n) is 9.65. The molecular formula is C24H34O4. The maximum Gasteiger partial charge on any atom is 0.145 e. The van der Waals surface area contributed by atoms with Crippen molar-refractivity contribution in [1.29, 1.82) is 0 Å². The van der Waals surface area contributed by atoms with E-state index in [2.05, 4.69) is 40.9 Å². The Labute approximate surface area is 168 Å². The van der Waals surface area contributed by atoms with Crippen LogP contribution >= 0.6 is 0 Å². The van der Waals surface area contributed by atoms with Crippen molar-refractivity contribution in [2.24, 2.45) is 34.0 Å². The van der Waals surface area contributed by atoms with E-state index in [0.29, 0.717) is 31.0 Å². The first-order valence-corrected chi connectivity index (χ1v) is 10.9. The minimum absolute atomic E-state index is 0.0576. The van der Waals surface area contributed by atoms with E-state index in [0.717, 1.165) is 24.8 Å². The number of Topliss-reactive ketones (excluding diaryl/α,β-unsaturated/α-hetero) is 1. The zero-order chi connectivity index (χ0) is 20.3. The average molecular weight is 387 g/mol. The molecule has 1 spiro atoms. The van der Waals surface area contributed by atoms with E-state index >= 15 is 0 Å². The van der Waals surface area contributed by atoms with Crippen molar-refractivity contribution in [1.82, 2.24) is 0 Å². The number of hydrogen-bond donors (Lipinski definition) is 1. The quantitative estimate of drug-likeness (QED) is 0.504. The van der Waals surface area contributed by atoms with E-state index in [9.17, 15) is 9.90 Å². The lowest BCUT2D eigenvalue weighted by molar-refractivity contribution is -0.201. The molecule has 0 aromatic carbocycles. The molecular weight excluding hydrogens is 352 g/mol. The molecule has 4 nitrogen and oxygen atoms in total. The Morgan fingerprint density at radius 1 is 1.07 bits per heavy atom. The molecule has 28 heavy (non-hydrogen) atoms.